The zero-order chi connectivity index (χ0) is 15.8. The van der Waals surface area contributed by atoms with Crippen molar-refractivity contribution in [3.8, 4) is 11.4 Å². The van der Waals surface area contributed by atoms with E-state index in [2.05, 4.69) is 15.6 Å². The van der Waals surface area contributed by atoms with Gasteiger partial charge in [-0.05, 0) is 17.7 Å². The van der Waals surface area contributed by atoms with Gasteiger partial charge in [-0.1, -0.05) is 42.1 Å². The van der Waals surface area contributed by atoms with Crippen LogP contribution in [0.15, 0.2) is 59.8 Å². The van der Waals surface area contributed by atoms with Crippen LogP contribution in [0.5, 0.6) is 0 Å². The minimum Gasteiger partial charge on any atom is -0.595 e. The number of hydrogen-bond donors (Lipinski definition) is 3. The molecule has 0 spiro atoms. The maximum Gasteiger partial charge on any atom is 0.212 e. The highest BCUT2D eigenvalue weighted by Gasteiger charge is 2.28. The van der Waals surface area contributed by atoms with Gasteiger partial charge in [0, 0.05) is 17.7 Å². The van der Waals surface area contributed by atoms with Crippen molar-refractivity contribution in [3.63, 3.8) is 0 Å². The van der Waals surface area contributed by atoms with Crippen LogP contribution in [0.4, 0.5) is 5.69 Å². The molecule has 8 heteroatoms. The topological polar surface area (TPSA) is 90.5 Å². The summed E-state index contributed by atoms with van der Waals surface area (Å²) in [6, 6.07) is 16.7. The van der Waals surface area contributed by atoms with Gasteiger partial charge in [0.05, 0.1) is 0 Å². The van der Waals surface area contributed by atoms with Gasteiger partial charge >= 0.3 is 0 Å². The normalized spacial score (nSPS) is 17.6. The van der Waals surface area contributed by atoms with Crippen LogP contribution in [0, 0.1) is 5.21 Å². The molecule has 1 aliphatic rings. The third kappa shape index (κ3) is 2.57. The van der Waals surface area contributed by atoms with E-state index in [0.717, 1.165) is 22.1 Å². The fourth-order valence-corrected chi connectivity index (χ4v) is 3.42. The van der Waals surface area contributed by atoms with E-state index in [1.54, 1.807) is 23.9 Å². The van der Waals surface area contributed by atoms with E-state index < -0.39 is 5.23 Å². The summed E-state index contributed by atoms with van der Waals surface area (Å²) < 4.78 is 1.87. The second-order valence-corrected chi connectivity index (χ2v) is 6.13. The Morgan fingerprint density at radius 3 is 2.52 bits per heavy atom. The molecule has 3 aromatic rings. The maximum atomic E-state index is 10.9. The average Bonchev–Trinajstić information content (AvgIpc) is 3.16. The molecule has 0 bridgehead atoms. The van der Waals surface area contributed by atoms with Crippen molar-refractivity contribution in [2.24, 2.45) is 0 Å². The van der Waals surface area contributed by atoms with E-state index in [0.29, 0.717) is 0 Å². The predicted molar refractivity (Wildman–Crippen MR) is 85.6 cm³/mol. The molecule has 0 saturated carbocycles. The van der Waals surface area contributed by atoms with Crippen molar-refractivity contribution >= 4 is 17.4 Å². The Labute approximate surface area is 136 Å². The van der Waals surface area contributed by atoms with Crippen molar-refractivity contribution in [2.45, 2.75) is 10.5 Å². The number of aromatic nitrogens is 3. The first-order valence-corrected chi connectivity index (χ1v) is 7.87. The first-order valence-electron chi connectivity index (χ1n) is 6.99. The lowest BCUT2D eigenvalue weighted by Crippen LogP contribution is -2.99. The van der Waals surface area contributed by atoms with E-state index >= 15 is 0 Å². The molecule has 23 heavy (non-hydrogen) atoms. The van der Waals surface area contributed by atoms with Crippen LogP contribution in [-0.4, -0.2) is 20.1 Å². The Hall–Kier alpha value is -2.39. The quantitative estimate of drug-likeness (QED) is 0.634. The molecule has 0 radical (unpaired) electrons. The standard InChI is InChI=1S/C15H13N5O2S/c21-20(22)12-8-6-11(7-9-12)14-18-19-13(16-17-15(19)23-14)10-4-2-1-3-5-10/h1-9,14,18,20-21H. The Morgan fingerprint density at radius 2 is 1.83 bits per heavy atom. The zero-order valence-corrected chi connectivity index (χ0v) is 12.7. The minimum absolute atomic E-state index is 0.0224. The largest absolute Gasteiger partial charge is 0.595 e. The maximum absolute atomic E-state index is 10.9. The molecule has 2 heterocycles. The van der Waals surface area contributed by atoms with Gasteiger partial charge < -0.3 is 10.6 Å². The number of nitrogens with zero attached hydrogens (tertiary/aromatic N) is 3. The molecule has 0 amide bonds. The molecular formula is C15H13N5O2S. The van der Waals surface area contributed by atoms with Gasteiger partial charge in [0.2, 0.25) is 5.16 Å². The molecule has 0 aliphatic carbocycles. The molecule has 1 aromatic heterocycles. The van der Waals surface area contributed by atoms with Crippen molar-refractivity contribution < 1.29 is 10.4 Å². The monoisotopic (exact) mass is 327 g/mol. The third-order valence-electron chi connectivity index (χ3n) is 3.60. The number of nitrogens with one attached hydrogen (secondary N) is 2. The fourth-order valence-electron chi connectivity index (χ4n) is 2.43. The van der Waals surface area contributed by atoms with E-state index in [-0.39, 0.29) is 11.1 Å². The summed E-state index contributed by atoms with van der Waals surface area (Å²) in [4.78, 5) is 0. The number of benzene rings is 2. The molecule has 7 nitrogen and oxygen atoms in total. The van der Waals surface area contributed by atoms with Crippen LogP contribution in [0.2, 0.25) is 0 Å². The Morgan fingerprint density at radius 1 is 1.09 bits per heavy atom. The third-order valence-corrected chi connectivity index (χ3v) is 4.68. The second-order valence-electron chi connectivity index (χ2n) is 5.06. The molecule has 2 atom stereocenters. The summed E-state index contributed by atoms with van der Waals surface area (Å²) in [7, 11) is 0. The van der Waals surface area contributed by atoms with Crippen LogP contribution < -0.4 is 10.7 Å². The minimum atomic E-state index is -0.924. The highest BCUT2D eigenvalue weighted by Crippen LogP contribution is 2.40. The average molecular weight is 327 g/mol. The summed E-state index contributed by atoms with van der Waals surface area (Å²) in [5.74, 6) is 0.762. The van der Waals surface area contributed by atoms with Crippen molar-refractivity contribution in [1.82, 2.24) is 14.9 Å². The molecule has 2 unspecified atom stereocenters. The first-order chi connectivity index (χ1) is 11.2. The predicted octanol–water partition coefficient (Wildman–Crippen LogP) is 1.70. The number of fused-ring (bicyclic) bond motifs is 1. The fraction of sp³-hybridized carbons (Fsp3) is 0.0667. The van der Waals surface area contributed by atoms with Gasteiger partial charge in [-0.3, -0.25) is 0 Å². The van der Waals surface area contributed by atoms with Gasteiger partial charge in [0.25, 0.3) is 0 Å². The number of hydrogen-bond acceptors (Lipinski definition) is 6. The van der Waals surface area contributed by atoms with Crippen LogP contribution >= 0.6 is 11.8 Å². The van der Waals surface area contributed by atoms with Crippen LogP contribution in [0.25, 0.3) is 11.4 Å². The molecular weight excluding hydrogens is 314 g/mol. The van der Waals surface area contributed by atoms with Gasteiger partial charge in [0.15, 0.2) is 11.5 Å². The lowest BCUT2D eigenvalue weighted by molar-refractivity contribution is -0.991. The van der Waals surface area contributed by atoms with E-state index in [1.807, 2.05) is 47.1 Å². The van der Waals surface area contributed by atoms with Crippen molar-refractivity contribution in [1.29, 1.82) is 0 Å². The number of rotatable bonds is 3. The smallest absolute Gasteiger partial charge is 0.212 e. The van der Waals surface area contributed by atoms with Crippen molar-refractivity contribution in [2.75, 3.05) is 5.43 Å². The molecule has 3 N–H and O–H groups in total. The van der Waals surface area contributed by atoms with Gasteiger partial charge in [-0.2, -0.15) is 5.23 Å². The summed E-state index contributed by atoms with van der Waals surface area (Å²) in [6.07, 6.45) is 0. The number of quaternary nitrogens is 1. The number of thioether (sulfide) groups is 1. The van der Waals surface area contributed by atoms with E-state index in [9.17, 15) is 5.21 Å². The molecule has 0 saturated heterocycles. The highest BCUT2D eigenvalue weighted by atomic mass is 32.2. The summed E-state index contributed by atoms with van der Waals surface area (Å²) in [5.41, 5.74) is 5.61. The van der Waals surface area contributed by atoms with E-state index in [4.69, 9.17) is 5.21 Å². The van der Waals surface area contributed by atoms with Crippen LogP contribution in [0.1, 0.15) is 10.9 Å². The molecule has 116 valence electrons. The first kappa shape index (κ1) is 14.2. The lowest BCUT2D eigenvalue weighted by atomic mass is 10.2. The van der Waals surface area contributed by atoms with Gasteiger partial charge in [0.1, 0.15) is 5.37 Å². The Bertz CT molecular complexity index is 820. The van der Waals surface area contributed by atoms with E-state index in [1.165, 1.54) is 0 Å². The second kappa shape index (κ2) is 5.67. The Kier molecular flexibility index (Phi) is 3.50. The van der Waals surface area contributed by atoms with Crippen molar-refractivity contribution in [3.05, 3.63) is 65.4 Å². The zero-order valence-electron chi connectivity index (χ0n) is 11.9. The highest BCUT2D eigenvalue weighted by molar-refractivity contribution is 7.99. The molecule has 2 aromatic carbocycles. The Balaban J connectivity index is 1.60. The van der Waals surface area contributed by atoms with Gasteiger partial charge in [-0.15, -0.1) is 10.2 Å². The molecule has 4 rings (SSSR count). The molecule has 0 fully saturated rings. The summed E-state index contributed by atoms with van der Waals surface area (Å²) in [5, 5.41) is 28.2. The molecule has 1 aliphatic heterocycles. The summed E-state index contributed by atoms with van der Waals surface area (Å²) >= 11 is 1.55. The van der Waals surface area contributed by atoms with Gasteiger partial charge in [-0.25, -0.2) is 9.88 Å². The lowest BCUT2D eigenvalue weighted by Gasteiger charge is -2.14. The SMILES string of the molecule is [O-][NH+](O)c1ccc(C2Nn3c(nnc3-c3ccccc3)S2)cc1. The van der Waals surface area contributed by atoms with Crippen LogP contribution in [-0.2, 0) is 0 Å². The summed E-state index contributed by atoms with van der Waals surface area (Å²) in [6.45, 7) is 0. The van der Waals surface area contributed by atoms with Crippen LogP contribution in [0.3, 0.4) is 0 Å².